The Morgan fingerprint density at radius 3 is 2.14 bits per heavy atom. The van der Waals surface area contributed by atoms with Gasteiger partial charge in [-0.3, -0.25) is 0 Å². The monoisotopic (exact) mass is 628 g/mol. The largest absolute Gasteiger partial charge is 0.456 e. The molecule has 0 saturated carbocycles. The lowest BCUT2D eigenvalue weighted by atomic mass is 9.89. The summed E-state index contributed by atoms with van der Waals surface area (Å²) in [6, 6.07) is 46.6. The maximum atomic E-state index is 6.95. The average molecular weight is 629 g/mol. The minimum absolute atomic E-state index is 0.0364. The maximum absolute atomic E-state index is 6.95. The zero-order valence-electron chi connectivity index (χ0n) is 26.4. The van der Waals surface area contributed by atoms with Crippen molar-refractivity contribution in [2.24, 2.45) is 0 Å². The maximum Gasteiger partial charge on any atom is 0.231 e. The second-order valence-corrected chi connectivity index (χ2v) is 12.9. The SMILES string of the molecule is C1=CC2c3c(c4c5ccccc5n(-c5ccccc5)c4c4c3oc3ccccc34)N(c3nc(-c4ccccc4)c4ccccc4n3)C2C=C1. The Balaban J connectivity index is 1.35. The number of nitrogens with zero attached hydrogens (tertiary/aromatic N) is 4. The van der Waals surface area contributed by atoms with E-state index in [1.165, 1.54) is 16.3 Å². The molecule has 11 rings (SSSR count). The summed E-state index contributed by atoms with van der Waals surface area (Å²) in [6.45, 7) is 0. The van der Waals surface area contributed by atoms with Gasteiger partial charge >= 0.3 is 0 Å². The summed E-state index contributed by atoms with van der Waals surface area (Å²) >= 11 is 0. The summed E-state index contributed by atoms with van der Waals surface area (Å²) in [5, 5.41) is 5.65. The smallest absolute Gasteiger partial charge is 0.231 e. The van der Waals surface area contributed by atoms with Crippen LogP contribution < -0.4 is 4.90 Å². The van der Waals surface area contributed by atoms with Gasteiger partial charge in [0.2, 0.25) is 5.95 Å². The molecule has 6 aromatic carbocycles. The minimum atomic E-state index is -0.0364. The third-order valence-electron chi connectivity index (χ3n) is 10.3. The van der Waals surface area contributed by atoms with Crippen molar-refractivity contribution in [1.82, 2.24) is 14.5 Å². The first-order chi connectivity index (χ1) is 24.3. The lowest BCUT2D eigenvalue weighted by molar-refractivity contribution is 0.655. The molecule has 0 saturated heterocycles. The summed E-state index contributed by atoms with van der Waals surface area (Å²) in [5.74, 6) is 0.723. The number of fused-ring (bicyclic) bond motifs is 13. The van der Waals surface area contributed by atoms with Crippen molar-refractivity contribution in [3.05, 3.63) is 163 Å². The molecular weight excluding hydrogens is 601 g/mol. The van der Waals surface area contributed by atoms with Crippen LogP contribution in [0, 0.1) is 0 Å². The molecule has 2 unspecified atom stereocenters. The molecule has 0 N–H and O–H groups in total. The molecule has 9 aromatic rings. The zero-order chi connectivity index (χ0) is 32.1. The van der Waals surface area contributed by atoms with Crippen molar-refractivity contribution in [2.75, 3.05) is 4.90 Å². The van der Waals surface area contributed by atoms with E-state index in [9.17, 15) is 0 Å². The molecule has 0 amide bonds. The van der Waals surface area contributed by atoms with Crippen LogP contribution in [0.5, 0.6) is 0 Å². The van der Waals surface area contributed by atoms with Crippen molar-refractivity contribution in [1.29, 1.82) is 0 Å². The molecule has 1 aliphatic carbocycles. The van der Waals surface area contributed by atoms with Crippen LogP contribution in [0.2, 0.25) is 0 Å². The first kappa shape index (κ1) is 26.6. The van der Waals surface area contributed by atoms with Crippen molar-refractivity contribution < 1.29 is 4.42 Å². The van der Waals surface area contributed by atoms with Crippen LogP contribution in [0.3, 0.4) is 0 Å². The highest BCUT2D eigenvalue weighted by molar-refractivity contribution is 6.30. The van der Waals surface area contributed by atoms with Gasteiger partial charge in [0.15, 0.2) is 0 Å². The number of hydrogen-bond acceptors (Lipinski definition) is 4. The zero-order valence-corrected chi connectivity index (χ0v) is 26.4. The predicted octanol–water partition coefficient (Wildman–Crippen LogP) is 11.0. The first-order valence-electron chi connectivity index (χ1n) is 16.8. The molecule has 2 aliphatic rings. The number of anilines is 2. The quantitative estimate of drug-likeness (QED) is 0.195. The standard InChI is InChI=1S/C44H28N4O/c1-3-15-27(16-4-1)40-29-19-7-11-23-33(29)45-44(46-40)48-35-25-13-9-21-31(35)38-42(48)37-30-20-8-12-24-34(30)47(28-17-5-2-6-18-28)41(37)39-32-22-10-14-26-36(32)49-43(38)39/h1-26,31,35H. The van der Waals surface area contributed by atoms with E-state index in [4.69, 9.17) is 14.4 Å². The van der Waals surface area contributed by atoms with Crippen molar-refractivity contribution >= 4 is 66.3 Å². The van der Waals surface area contributed by atoms with Gasteiger partial charge in [0.25, 0.3) is 0 Å². The lowest BCUT2D eigenvalue weighted by Gasteiger charge is -2.27. The molecule has 0 radical (unpaired) electrons. The van der Waals surface area contributed by atoms with E-state index in [1.54, 1.807) is 0 Å². The van der Waals surface area contributed by atoms with E-state index in [0.29, 0.717) is 5.95 Å². The second kappa shape index (κ2) is 10.0. The summed E-state index contributed by atoms with van der Waals surface area (Å²) in [7, 11) is 0. The second-order valence-electron chi connectivity index (χ2n) is 12.9. The van der Waals surface area contributed by atoms with Crippen LogP contribution in [0.25, 0.3) is 71.6 Å². The number of para-hydroxylation sites is 4. The van der Waals surface area contributed by atoms with Gasteiger partial charge in [0.1, 0.15) is 11.2 Å². The fraction of sp³-hybridized carbons (Fsp3) is 0.0455. The van der Waals surface area contributed by atoms with Crippen molar-refractivity contribution in [2.45, 2.75) is 12.0 Å². The lowest BCUT2D eigenvalue weighted by Crippen LogP contribution is -2.30. The molecule has 230 valence electrons. The molecule has 3 aromatic heterocycles. The number of allylic oxidation sites excluding steroid dienone is 2. The van der Waals surface area contributed by atoms with Gasteiger partial charge in [0.05, 0.1) is 39.4 Å². The van der Waals surface area contributed by atoms with E-state index in [1.807, 2.05) is 6.07 Å². The Morgan fingerprint density at radius 1 is 0.592 bits per heavy atom. The van der Waals surface area contributed by atoms with Crippen molar-refractivity contribution in [3.8, 4) is 16.9 Å². The van der Waals surface area contributed by atoms with Gasteiger partial charge in [-0.25, -0.2) is 9.97 Å². The number of hydrogen-bond donors (Lipinski definition) is 0. The highest BCUT2D eigenvalue weighted by Crippen LogP contribution is 2.57. The summed E-state index contributed by atoms with van der Waals surface area (Å²) < 4.78 is 9.36. The molecule has 0 bridgehead atoms. The van der Waals surface area contributed by atoms with Gasteiger partial charge in [-0.05, 0) is 30.3 Å². The predicted molar refractivity (Wildman–Crippen MR) is 200 cm³/mol. The average Bonchev–Trinajstić information content (AvgIpc) is 3.83. The fourth-order valence-electron chi connectivity index (χ4n) is 8.31. The third-order valence-corrected chi connectivity index (χ3v) is 10.3. The third kappa shape index (κ3) is 3.64. The Bertz CT molecular complexity index is 2850. The molecular formula is C44H28N4O. The van der Waals surface area contributed by atoms with Crippen LogP contribution >= 0.6 is 0 Å². The molecule has 0 fully saturated rings. The summed E-state index contributed by atoms with van der Waals surface area (Å²) in [6.07, 6.45) is 8.93. The van der Waals surface area contributed by atoms with E-state index >= 15 is 0 Å². The van der Waals surface area contributed by atoms with E-state index < -0.39 is 0 Å². The van der Waals surface area contributed by atoms with Crippen LogP contribution in [0.15, 0.2) is 162 Å². The van der Waals surface area contributed by atoms with Gasteiger partial charge in [0, 0.05) is 44.3 Å². The first-order valence-corrected chi connectivity index (χ1v) is 16.8. The number of furan rings is 1. The van der Waals surface area contributed by atoms with Gasteiger partial charge in [-0.2, -0.15) is 0 Å². The van der Waals surface area contributed by atoms with E-state index in [2.05, 4.69) is 161 Å². The van der Waals surface area contributed by atoms with Crippen LogP contribution in [-0.4, -0.2) is 20.6 Å². The van der Waals surface area contributed by atoms with Crippen LogP contribution in [0.1, 0.15) is 11.5 Å². The normalized spacial score (nSPS) is 16.8. The Kier molecular flexibility index (Phi) is 5.44. The van der Waals surface area contributed by atoms with Gasteiger partial charge in [-0.1, -0.05) is 127 Å². The molecule has 49 heavy (non-hydrogen) atoms. The van der Waals surface area contributed by atoms with Gasteiger partial charge in [-0.15, -0.1) is 0 Å². The summed E-state index contributed by atoms with van der Waals surface area (Å²) in [4.78, 5) is 13.1. The molecule has 5 heteroatoms. The Labute approximate surface area is 281 Å². The van der Waals surface area contributed by atoms with Gasteiger partial charge < -0.3 is 13.9 Å². The molecule has 4 heterocycles. The highest BCUT2D eigenvalue weighted by Gasteiger charge is 2.44. The highest BCUT2D eigenvalue weighted by atomic mass is 16.3. The Hall–Kier alpha value is -6.46. The Morgan fingerprint density at radius 2 is 1.29 bits per heavy atom. The topological polar surface area (TPSA) is 47.1 Å². The molecule has 0 spiro atoms. The summed E-state index contributed by atoms with van der Waals surface area (Å²) in [5.41, 5.74) is 10.4. The van der Waals surface area contributed by atoms with Crippen LogP contribution in [-0.2, 0) is 0 Å². The molecule has 2 atom stereocenters. The molecule has 1 aliphatic heterocycles. The fourth-order valence-corrected chi connectivity index (χ4v) is 8.31. The van der Waals surface area contributed by atoms with Crippen LogP contribution in [0.4, 0.5) is 11.6 Å². The van der Waals surface area contributed by atoms with E-state index in [0.717, 1.165) is 66.5 Å². The number of benzene rings is 6. The number of aromatic nitrogens is 3. The van der Waals surface area contributed by atoms with E-state index in [-0.39, 0.29) is 12.0 Å². The molecule has 5 nitrogen and oxygen atoms in total. The number of rotatable bonds is 3. The minimum Gasteiger partial charge on any atom is -0.456 e. The van der Waals surface area contributed by atoms with Crippen molar-refractivity contribution in [3.63, 3.8) is 0 Å².